The molecule has 0 amide bonds. The van der Waals surface area contributed by atoms with Crippen molar-refractivity contribution in [3.63, 3.8) is 0 Å². The number of nitrogens with two attached hydrogens (primary N) is 1. The normalized spacial score (nSPS) is 12.5. The van der Waals surface area contributed by atoms with Gasteiger partial charge in [-0.2, -0.15) is 5.10 Å². The van der Waals surface area contributed by atoms with Gasteiger partial charge in [0.1, 0.15) is 11.6 Å². The summed E-state index contributed by atoms with van der Waals surface area (Å²) >= 11 is 0. The summed E-state index contributed by atoms with van der Waals surface area (Å²) < 4.78 is 20.8. The van der Waals surface area contributed by atoms with E-state index in [1.807, 2.05) is 6.92 Å². The summed E-state index contributed by atoms with van der Waals surface area (Å²) in [6, 6.07) is 4.07. The van der Waals surface area contributed by atoms with Crippen LogP contribution in [-0.4, -0.2) is 16.9 Å². The molecule has 0 bridgehead atoms. The molecule has 4 nitrogen and oxygen atoms in total. The van der Waals surface area contributed by atoms with Gasteiger partial charge in [-0.1, -0.05) is 6.07 Å². The minimum absolute atomic E-state index is 0.353. The van der Waals surface area contributed by atoms with Crippen LogP contribution in [0.2, 0.25) is 0 Å². The molecule has 1 aromatic carbocycles. The molecule has 18 heavy (non-hydrogen) atoms. The summed E-state index contributed by atoms with van der Waals surface area (Å²) in [5.41, 5.74) is 8.21. The molecule has 5 heteroatoms. The van der Waals surface area contributed by atoms with Gasteiger partial charge in [-0.05, 0) is 24.6 Å². The van der Waals surface area contributed by atoms with Crippen LogP contribution in [0.5, 0.6) is 5.75 Å². The summed E-state index contributed by atoms with van der Waals surface area (Å²) in [6.07, 6.45) is 1.71. The average molecular weight is 249 g/mol. The zero-order chi connectivity index (χ0) is 13.3. The molecule has 0 radical (unpaired) electrons. The Morgan fingerprint density at radius 3 is 2.72 bits per heavy atom. The third-order valence-corrected chi connectivity index (χ3v) is 3.02. The Labute approximate surface area is 105 Å². The molecule has 0 saturated carbocycles. The monoisotopic (exact) mass is 249 g/mol. The summed E-state index contributed by atoms with van der Waals surface area (Å²) in [5, 5.41) is 4.12. The van der Waals surface area contributed by atoms with Crippen molar-refractivity contribution in [2.45, 2.75) is 13.0 Å². The maximum atomic E-state index is 14.0. The van der Waals surface area contributed by atoms with E-state index in [-0.39, 0.29) is 5.82 Å². The van der Waals surface area contributed by atoms with E-state index in [0.29, 0.717) is 11.3 Å². The fraction of sp³-hybridized carbons (Fsp3) is 0.308. The molecule has 1 unspecified atom stereocenters. The Balaban J connectivity index is 2.56. The van der Waals surface area contributed by atoms with Crippen LogP contribution in [0.25, 0.3) is 0 Å². The molecule has 2 rings (SSSR count). The molecular weight excluding hydrogens is 233 g/mol. The highest BCUT2D eigenvalue weighted by atomic mass is 19.1. The van der Waals surface area contributed by atoms with Gasteiger partial charge in [0, 0.05) is 7.05 Å². The van der Waals surface area contributed by atoms with Crippen molar-refractivity contribution >= 4 is 0 Å². The van der Waals surface area contributed by atoms with Gasteiger partial charge in [0.15, 0.2) is 0 Å². The van der Waals surface area contributed by atoms with Gasteiger partial charge in [-0.3, -0.25) is 4.68 Å². The number of hydrogen-bond donors (Lipinski definition) is 1. The van der Waals surface area contributed by atoms with E-state index < -0.39 is 6.04 Å². The van der Waals surface area contributed by atoms with Crippen LogP contribution in [0.15, 0.2) is 24.4 Å². The van der Waals surface area contributed by atoms with Crippen molar-refractivity contribution in [3.8, 4) is 5.75 Å². The molecule has 0 spiro atoms. The fourth-order valence-corrected chi connectivity index (χ4v) is 2.14. The molecule has 0 saturated heterocycles. The number of benzene rings is 1. The standard InChI is InChI=1S/C13H16FN3O/c1-8-7-16-17(2)13(8)12(15)11-9(14)5-4-6-10(11)18-3/h4-7,12H,15H2,1-3H3. The van der Waals surface area contributed by atoms with E-state index in [1.165, 1.54) is 13.2 Å². The fourth-order valence-electron chi connectivity index (χ4n) is 2.14. The minimum atomic E-state index is -0.603. The first-order valence-electron chi connectivity index (χ1n) is 5.62. The van der Waals surface area contributed by atoms with Crippen LogP contribution in [0.3, 0.4) is 0 Å². The summed E-state index contributed by atoms with van der Waals surface area (Å²) in [6.45, 7) is 1.90. The van der Waals surface area contributed by atoms with E-state index >= 15 is 0 Å². The first-order valence-corrected chi connectivity index (χ1v) is 5.62. The lowest BCUT2D eigenvalue weighted by Crippen LogP contribution is -2.19. The number of halogens is 1. The second-order valence-electron chi connectivity index (χ2n) is 4.17. The third-order valence-electron chi connectivity index (χ3n) is 3.02. The number of rotatable bonds is 3. The molecule has 96 valence electrons. The van der Waals surface area contributed by atoms with Gasteiger partial charge in [0.05, 0.1) is 30.6 Å². The number of methoxy groups -OCH3 is 1. The Bertz CT molecular complexity index is 546. The minimum Gasteiger partial charge on any atom is -0.496 e. The Morgan fingerprint density at radius 1 is 1.44 bits per heavy atom. The predicted molar refractivity (Wildman–Crippen MR) is 66.9 cm³/mol. The smallest absolute Gasteiger partial charge is 0.132 e. The molecule has 1 atom stereocenters. The van der Waals surface area contributed by atoms with Crippen LogP contribution in [0.4, 0.5) is 4.39 Å². The van der Waals surface area contributed by atoms with Crippen molar-refractivity contribution in [1.29, 1.82) is 0 Å². The number of nitrogens with zero attached hydrogens (tertiary/aromatic N) is 2. The van der Waals surface area contributed by atoms with Crippen molar-refractivity contribution in [3.05, 3.63) is 47.0 Å². The summed E-state index contributed by atoms with van der Waals surface area (Å²) in [5.74, 6) is 0.0746. The molecule has 2 aromatic rings. The maximum absolute atomic E-state index is 14.0. The van der Waals surface area contributed by atoms with Crippen LogP contribution in [0, 0.1) is 12.7 Å². The van der Waals surface area contributed by atoms with E-state index in [4.69, 9.17) is 10.5 Å². The number of ether oxygens (including phenoxy) is 1. The summed E-state index contributed by atoms with van der Waals surface area (Å²) in [4.78, 5) is 0. The average Bonchev–Trinajstić information content (AvgIpc) is 2.68. The molecule has 0 aliphatic rings. The first-order chi connectivity index (χ1) is 8.56. The number of aryl methyl sites for hydroxylation is 2. The van der Waals surface area contributed by atoms with Crippen LogP contribution in [0.1, 0.15) is 22.9 Å². The Hall–Kier alpha value is -1.88. The SMILES string of the molecule is COc1cccc(F)c1C(N)c1c(C)cnn1C. The first kappa shape index (κ1) is 12.6. The third kappa shape index (κ3) is 1.97. The van der Waals surface area contributed by atoms with Crippen LogP contribution in [-0.2, 0) is 7.05 Å². The highest BCUT2D eigenvalue weighted by Gasteiger charge is 2.22. The maximum Gasteiger partial charge on any atom is 0.132 e. The van der Waals surface area contributed by atoms with Crippen LogP contribution < -0.4 is 10.5 Å². The van der Waals surface area contributed by atoms with Crippen molar-refractivity contribution in [2.75, 3.05) is 7.11 Å². The molecular formula is C13H16FN3O. The number of aromatic nitrogens is 2. The lowest BCUT2D eigenvalue weighted by atomic mass is 10.0. The highest BCUT2D eigenvalue weighted by molar-refractivity contribution is 5.42. The van der Waals surface area contributed by atoms with Crippen molar-refractivity contribution < 1.29 is 9.13 Å². The zero-order valence-electron chi connectivity index (χ0n) is 10.6. The van der Waals surface area contributed by atoms with E-state index in [1.54, 1.807) is 30.1 Å². The van der Waals surface area contributed by atoms with E-state index in [9.17, 15) is 4.39 Å². The molecule has 0 fully saturated rings. The van der Waals surface area contributed by atoms with Crippen molar-refractivity contribution in [2.24, 2.45) is 12.8 Å². The van der Waals surface area contributed by atoms with Gasteiger partial charge < -0.3 is 10.5 Å². The topological polar surface area (TPSA) is 53.1 Å². The second kappa shape index (κ2) is 4.78. The quantitative estimate of drug-likeness (QED) is 0.904. The number of hydrogen-bond acceptors (Lipinski definition) is 3. The molecule has 1 heterocycles. The lowest BCUT2D eigenvalue weighted by Gasteiger charge is -2.17. The van der Waals surface area contributed by atoms with Crippen LogP contribution >= 0.6 is 0 Å². The molecule has 0 aliphatic heterocycles. The molecule has 0 aliphatic carbocycles. The summed E-state index contributed by atoms with van der Waals surface area (Å²) in [7, 11) is 3.29. The second-order valence-corrected chi connectivity index (χ2v) is 4.17. The lowest BCUT2D eigenvalue weighted by molar-refractivity contribution is 0.401. The Morgan fingerprint density at radius 2 is 2.17 bits per heavy atom. The van der Waals surface area contributed by atoms with Gasteiger partial charge in [0.25, 0.3) is 0 Å². The molecule has 1 aromatic heterocycles. The van der Waals surface area contributed by atoms with Crippen molar-refractivity contribution in [1.82, 2.24) is 9.78 Å². The van der Waals surface area contributed by atoms with Gasteiger partial charge in [-0.15, -0.1) is 0 Å². The zero-order valence-corrected chi connectivity index (χ0v) is 10.6. The van der Waals surface area contributed by atoms with Gasteiger partial charge in [0.2, 0.25) is 0 Å². The highest BCUT2D eigenvalue weighted by Crippen LogP contribution is 2.31. The predicted octanol–water partition coefficient (Wildman–Crippen LogP) is 1.92. The Kier molecular flexibility index (Phi) is 3.34. The largest absolute Gasteiger partial charge is 0.496 e. The van der Waals surface area contributed by atoms with E-state index in [0.717, 1.165) is 11.3 Å². The van der Waals surface area contributed by atoms with E-state index in [2.05, 4.69) is 5.10 Å². The van der Waals surface area contributed by atoms with Gasteiger partial charge in [-0.25, -0.2) is 4.39 Å². The van der Waals surface area contributed by atoms with Gasteiger partial charge >= 0.3 is 0 Å². The molecule has 2 N–H and O–H groups in total.